The van der Waals surface area contributed by atoms with Crippen LogP contribution >= 0.6 is 22.6 Å². The van der Waals surface area contributed by atoms with Crippen LogP contribution < -0.4 is 5.32 Å². The number of piperidine rings is 1. The molecule has 21 heavy (non-hydrogen) atoms. The summed E-state index contributed by atoms with van der Waals surface area (Å²) < 4.78 is 1.10. The molecule has 0 saturated carbocycles. The summed E-state index contributed by atoms with van der Waals surface area (Å²) >= 11 is 2.25. The Balaban J connectivity index is 1.71. The average Bonchev–Trinajstić information content (AvgIpc) is 2.91. The predicted molar refractivity (Wildman–Crippen MR) is 91.4 cm³/mol. The highest BCUT2D eigenvalue weighted by Gasteiger charge is 2.22. The number of aromatic nitrogens is 2. The van der Waals surface area contributed by atoms with Gasteiger partial charge < -0.3 is 10.2 Å². The number of hydrogen-bond acceptors (Lipinski definition) is 3. The van der Waals surface area contributed by atoms with Crippen molar-refractivity contribution in [1.82, 2.24) is 20.4 Å². The van der Waals surface area contributed by atoms with E-state index in [0.29, 0.717) is 5.69 Å². The largest absolute Gasteiger partial charge is 0.348 e. The van der Waals surface area contributed by atoms with Crippen molar-refractivity contribution in [2.45, 2.75) is 25.8 Å². The van der Waals surface area contributed by atoms with Crippen LogP contribution in [0.2, 0.25) is 0 Å². The summed E-state index contributed by atoms with van der Waals surface area (Å²) in [6, 6.07) is 6.22. The summed E-state index contributed by atoms with van der Waals surface area (Å²) in [6.45, 7) is 5.38. The Bertz CT molecular complexity index is 646. The number of carbonyl (C=O) groups excluding carboxylic acids is 1. The fourth-order valence-electron chi connectivity index (χ4n) is 2.81. The molecule has 0 unspecified atom stereocenters. The number of nitrogens with one attached hydrogen (secondary N) is 2. The van der Waals surface area contributed by atoms with Crippen molar-refractivity contribution in [1.29, 1.82) is 0 Å². The molecule has 1 aromatic heterocycles. The van der Waals surface area contributed by atoms with Crippen LogP contribution in [0.4, 0.5) is 0 Å². The number of fused-ring (bicyclic) bond motifs is 1. The van der Waals surface area contributed by atoms with Gasteiger partial charge in [-0.1, -0.05) is 6.92 Å². The highest BCUT2D eigenvalue weighted by Crippen LogP contribution is 2.19. The first-order valence-electron chi connectivity index (χ1n) is 7.34. The second-order valence-corrected chi connectivity index (χ2v) is 6.69. The number of hydrogen-bond donors (Lipinski definition) is 2. The zero-order chi connectivity index (χ0) is 14.8. The SMILES string of the molecule is CCN1CCC(NC(=O)c2n[nH]c3ccc(I)cc23)CC1. The van der Waals surface area contributed by atoms with E-state index < -0.39 is 0 Å². The van der Waals surface area contributed by atoms with Crippen molar-refractivity contribution in [2.75, 3.05) is 19.6 Å². The maximum absolute atomic E-state index is 12.4. The van der Waals surface area contributed by atoms with Gasteiger partial charge in [0.2, 0.25) is 0 Å². The minimum Gasteiger partial charge on any atom is -0.348 e. The minimum atomic E-state index is -0.0711. The standard InChI is InChI=1S/C15H19IN4O/c1-2-20-7-5-11(6-8-20)17-15(21)14-12-9-10(16)3-4-13(12)18-19-14/h3-4,9,11H,2,5-8H2,1H3,(H,17,21)(H,18,19). The number of aromatic amines is 1. The molecule has 0 bridgehead atoms. The van der Waals surface area contributed by atoms with Crippen molar-refractivity contribution in [3.63, 3.8) is 0 Å². The maximum atomic E-state index is 12.4. The Morgan fingerprint density at radius 3 is 2.95 bits per heavy atom. The molecule has 2 aromatic rings. The quantitative estimate of drug-likeness (QED) is 0.781. The third-order valence-electron chi connectivity index (χ3n) is 4.11. The first-order chi connectivity index (χ1) is 10.2. The molecule has 1 fully saturated rings. The molecule has 0 aliphatic carbocycles. The molecule has 0 spiro atoms. The van der Waals surface area contributed by atoms with Gasteiger partial charge in [-0.2, -0.15) is 5.10 Å². The lowest BCUT2D eigenvalue weighted by Crippen LogP contribution is -2.44. The van der Waals surface area contributed by atoms with Crippen molar-refractivity contribution in [2.24, 2.45) is 0 Å². The molecule has 2 N–H and O–H groups in total. The Morgan fingerprint density at radius 1 is 1.48 bits per heavy atom. The van der Waals surface area contributed by atoms with Gasteiger partial charge in [0.05, 0.1) is 5.52 Å². The normalized spacial score (nSPS) is 17.2. The predicted octanol–water partition coefficient (Wildman–Crippen LogP) is 2.38. The number of nitrogens with zero attached hydrogens (tertiary/aromatic N) is 2. The molecule has 1 saturated heterocycles. The zero-order valence-corrected chi connectivity index (χ0v) is 14.2. The third-order valence-corrected chi connectivity index (χ3v) is 4.78. The van der Waals surface area contributed by atoms with Crippen LogP contribution in [-0.4, -0.2) is 46.7 Å². The first kappa shape index (κ1) is 14.8. The summed E-state index contributed by atoms with van der Waals surface area (Å²) in [4.78, 5) is 14.9. The summed E-state index contributed by atoms with van der Waals surface area (Å²) in [5.41, 5.74) is 1.41. The van der Waals surface area contributed by atoms with E-state index >= 15 is 0 Å². The van der Waals surface area contributed by atoms with Gasteiger partial charge in [-0.05, 0) is 60.2 Å². The van der Waals surface area contributed by atoms with Crippen molar-refractivity contribution in [3.05, 3.63) is 27.5 Å². The Morgan fingerprint density at radius 2 is 2.24 bits per heavy atom. The van der Waals surface area contributed by atoms with E-state index in [4.69, 9.17) is 0 Å². The van der Waals surface area contributed by atoms with Crippen LogP contribution in [0.1, 0.15) is 30.3 Å². The maximum Gasteiger partial charge on any atom is 0.272 e. The Hall–Kier alpha value is -1.15. The molecule has 1 amide bonds. The van der Waals surface area contributed by atoms with Crippen LogP contribution in [-0.2, 0) is 0 Å². The van der Waals surface area contributed by atoms with E-state index in [1.165, 1.54) is 0 Å². The van der Waals surface area contributed by atoms with E-state index in [0.717, 1.165) is 46.9 Å². The molecule has 1 aliphatic rings. The second-order valence-electron chi connectivity index (χ2n) is 5.44. The van der Waals surface area contributed by atoms with Crippen LogP contribution in [0.5, 0.6) is 0 Å². The van der Waals surface area contributed by atoms with E-state index in [9.17, 15) is 4.79 Å². The summed E-state index contributed by atoms with van der Waals surface area (Å²) in [7, 11) is 0. The van der Waals surface area contributed by atoms with Gasteiger partial charge in [-0.3, -0.25) is 9.89 Å². The van der Waals surface area contributed by atoms with E-state index in [2.05, 4.69) is 49.9 Å². The van der Waals surface area contributed by atoms with E-state index in [1.54, 1.807) is 0 Å². The second kappa shape index (κ2) is 6.31. The number of likely N-dealkylation sites (tertiary alicyclic amines) is 1. The van der Waals surface area contributed by atoms with Crippen molar-refractivity contribution in [3.8, 4) is 0 Å². The third kappa shape index (κ3) is 3.21. The molecule has 1 aliphatic heterocycles. The number of carbonyl (C=O) groups is 1. The van der Waals surface area contributed by atoms with Crippen LogP contribution in [0.15, 0.2) is 18.2 Å². The molecular formula is C15H19IN4O. The van der Waals surface area contributed by atoms with E-state index in [1.807, 2.05) is 18.2 Å². The summed E-state index contributed by atoms with van der Waals surface area (Å²) in [5.74, 6) is -0.0711. The molecule has 2 heterocycles. The van der Waals surface area contributed by atoms with Crippen molar-refractivity contribution < 1.29 is 4.79 Å². The number of H-pyrrole nitrogens is 1. The van der Waals surface area contributed by atoms with Gasteiger partial charge in [-0.15, -0.1) is 0 Å². The van der Waals surface area contributed by atoms with Gasteiger partial charge in [0, 0.05) is 28.1 Å². The lowest BCUT2D eigenvalue weighted by Gasteiger charge is -2.31. The Labute approximate surface area is 137 Å². The van der Waals surface area contributed by atoms with E-state index in [-0.39, 0.29) is 11.9 Å². The fraction of sp³-hybridized carbons (Fsp3) is 0.467. The van der Waals surface area contributed by atoms with Crippen molar-refractivity contribution >= 4 is 39.4 Å². The topological polar surface area (TPSA) is 61.0 Å². The minimum absolute atomic E-state index is 0.0711. The molecule has 5 nitrogen and oxygen atoms in total. The van der Waals surface area contributed by atoms with Gasteiger partial charge in [0.15, 0.2) is 5.69 Å². The van der Waals surface area contributed by atoms with Gasteiger partial charge in [-0.25, -0.2) is 0 Å². The summed E-state index contributed by atoms with van der Waals surface area (Å²) in [5, 5.41) is 11.1. The molecule has 6 heteroatoms. The fourth-order valence-corrected chi connectivity index (χ4v) is 3.30. The van der Waals surface area contributed by atoms with Gasteiger partial charge in [0.25, 0.3) is 5.91 Å². The molecule has 0 atom stereocenters. The molecule has 0 radical (unpaired) electrons. The number of rotatable bonds is 3. The number of benzene rings is 1. The lowest BCUT2D eigenvalue weighted by molar-refractivity contribution is 0.0909. The highest BCUT2D eigenvalue weighted by molar-refractivity contribution is 14.1. The number of halogens is 1. The average molecular weight is 398 g/mol. The highest BCUT2D eigenvalue weighted by atomic mass is 127. The Kier molecular flexibility index (Phi) is 4.44. The first-order valence-corrected chi connectivity index (χ1v) is 8.42. The van der Waals surface area contributed by atoms with Crippen LogP contribution in [0.25, 0.3) is 10.9 Å². The molecular weight excluding hydrogens is 379 g/mol. The van der Waals surface area contributed by atoms with Gasteiger partial charge >= 0.3 is 0 Å². The smallest absolute Gasteiger partial charge is 0.272 e. The zero-order valence-electron chi connectivity index (χ0n) is 12.0. The number of amides is 1. The molecule has 3 rings (SSSR count). The summed E-state index contributed by atoms with van der Waals surface area (Å²) in [6.07, 6.45) is 2.03. The lowest BCUT2D eigenvalue weighted by atomic mass is 10.0. The van der Waals surface area contributed by atoms with Crippen LogP contribution in [0.3, 0.4) is 0 Å². The monoisotopic (exact) mass is 398 g/mol. The molecule has 1 aromatic carbocycles. The van der Waals surface area contributed by atoms with Crippen LogP contribution in [0, 0.1) is 3.57 Å². The van der Waals surface area contributed by atoms with Gasteiger partial charge in [0.1, 0.15) is 0 Å². The molecule has 112 valence electrons.